The van der Waals surface area contributed by atoms with Crippen LogP contribution in [0.2, 0.25) is 6.55 Å². The van der Waals surface area contributed by atoms with Gasteiger partial charge in [0.1, 0.15) is 0 Å². The fourth-order valence-electron chi connectivity index (χ4n) is 2.02. The summed E-state index contributed by atoms with van der Waals surface area (Å²) in [4.78, 5) is 3.46. The van der Waals surface area contributed by atoms with E-state index in [2.05, 4.69) is 53.1 Å². The first kappa shape index (κ1) is 16.2. The average Bonchev–Trinajstić information content (AvgIpc) is 2.11. The van der Waals surface area contributed by atoms with Crippen LogP contribution in [-0.2, 0) is 8.85 Å². The molecule has 0 aliphatic carbocycles. The molecule has 0 heterocycles. The first-order chi connectivity index (χ1) is 8.49. The Morgan fingerprint density at radius 2 is 1.26 bits per heavy atom. The van der Waals surface area contributed by atoms with Crippen LogP contribution in [0, 0.1) is 0 Å². The molecule has 1 N–H and O–H groups in total. The number of nitrogens with one attached hydrogen (secondary N) is 1. The van der Waals surface area contributed by atoms with Crippen molar-refractivity contribution in [3.05, 3.63) is 30.3 Å². The summed E-state index contributed by atoms with van der Waals surface area (Å²) in [5, 5.41) is 0. The first-order valence-corrected chi connectivity index (χ1v) is 9.04. The van der Waals surface area contributed by atoms with Crippen molar-refractivity contribution in [2.24, 2.45) is 0 Å². The predicted molar refractivity (Wildman–Crippen MR) is 83.4 cm³/mol. The standard InChI is InChI=1S/C15H27NO2Si/c1-14(2,3)17-19(7,18-15(4,5)6)16-13-11-9-8-10-12-13/h8-12,16H,1-7H3. The summed E-state index contributed by atoms with van der Waals surface area (Å²) in [6.45, 7) is 14.4. The van der Waals surface area contributed by atoms with Crippen LogP contribution in [0.5, 0.6) is 0 Å². The second-order valence-corrected chi connectivity index (χ2v) is 9.42. The molecule has 0 atom stereocenters. The minimum Gasteiger partial charge on any atom is -0.374 e. The van der Waals surface area contributed by atoms with Crippen molar-refractivity contribution in [2.45, 2.75) is 59.3 Å². The third kappa shape index (κ3) is 6.75. The monoisotopic (exact) mass is 281 g/mol. The quantitative estimate of drug-likeness (QED) is 0.835. The van der Waals surface area contributed by atoms with Crippen molar-refractivity contribution in [1.82, 2.24) is 0 Å². The van der Waals surface area contributed by atoms with Crippen LogP contribution in [0.1, 0.15) is 41.5 Å². The molecule has 0 radical (unpaired) electrons. The molecule has 0 unspecified atom stereocenters. The Morgan fingerprint density at radius 3 is 1.63 bits per heavy atom. The summed E-state index contributed by atoms with van der Waals surface area (Å²) in [6, 6.07) is 10.1. The molecule has 1 aromatic carbocycles. The third-order valence-electron chi connectivity index (χ3n) is 2.15. The minimum absolute atomic E-state index is 0.242. The van der Waals surface area contributed by atoms with E-state index < -0.39 is 8.72 Å². The Labute approximate surface area is 118 Å². The molecule has 1 rings (SSSR count). The second kappa shape index (κ2) is 5.65. The molecule has 108 valence electrons. The van der Waals surface area contributed by atoms with Gasteiger partial charge >= 0.3 is 8.72 Å². The van der Waals surface area contributed by atoms with Gasteiger partial charge in [-0.2, -0.15) is 0 Å². The van der Waals surface area contributed by atoms with Gasteiger partial charge in [-0.1, -0.05) is 18.2 Å². The van der Waals surface area contributed by atoms with Crippen LogP contribution in [0.25, 0.3) is 0 Å². The maximum atomic E-state index is 6.21. The highest BCUT2D eigenvalue weighted by Gasteiger charge is 2.41. The fraction of sp³-hybridized carbons (Fsp3) is 0.600. The molecule has 0 amide bonds. The lowest BCUT2D eigenvalue weighted by Gasteiger charge is -2.39. The summed E-state index contributed by atoms with van der Waals surface area (Å²) in [7, 11) is -2.51. The van der Waals surface area contributed by atoms with E-state index in [9.17, 15) is 0 Å². The predicted octanol–water partition coefficient (Wildman–Crippen LogP) is 4.30. The van der Waals surface area contributed by atoms with Gasteiger partial charge in [0.25, 0.3) is 0 Å². The van der Waals surface area contributed by atoms with Crippen LogP contribution >= 0.6 is 0 Å². The Morgan fingerprint density at radius 1 is 0.842 bits per heavy atom. The average molecular weight is 281 g/mol. The van der Waals surface area contributed by atoms with Crippen LogP contribution in [-0.4, -0.2) is 19.9 Å². The lowest BCUT2D eigenvalue weighted by Crippen LogP contribution is -2.55. The number of para-hydroxylation sites is 1. The van der Waals surface area contributed by atoms with Gasteiger partial charge in [0.15, 0.2) is 0 Å². The van der Waals surface area contributed by atoms with Gasteiger partial charge in [-0.25, -0.2) is 0 Å². The van der Waals surface area contributed by atoms with Crippen LogP contribution in [0.15, 0.2) is 30.3 Å². The lowest BCUT2D eigenvalue weighted by molar-refractivity contribution is 0.0215. The Kier molecular flexibility index (Phi) is 4.82. The molecular weight excluding hydrogens is 254 g/mol. The Balaban J connectivity index is 2.92. The van der Waals surface area contributed by atoms with E-state index >= 15 is 0 Å². The summed E-state index contributed by atoms with van der Waals surface area (Å²) in [5.41, 5.74) is 0.548. The van der Waals surface area contributed by atoms with E-state index in [1.54, 1.807) is 0 Å². The topological polar surface area (TPSA) is 30.5 Å². The van der Waals surface area contributed by atoms with Crippen molar-refractivity contribution in [3.63, 3.8) is 0 Å². The van der Waals surface area contributed by atoms with Crippen molar-refractivity contribution >= 4 is 14.4 Å². The van der Waals surface area contributed by atoms with Gasteiger partial charge in [0.2, 0.25) is 0 Å². The van der Waals surface area contributed by atoms with Crippen molar-refractivity contribution in [2.75, 3.05) is 4.98 Å². The van der Waals surface area contributed by atoms with E-state index in [1.165, 1.54) is 0 Å². The highest BCUT2D eigenvalue weighted by atomic mass is 28.4. The van der Waals surface area contributed by atoms with Crippen molar-refractivity contribution < 1.29 is 8.85 Å². The number of benzene rings is 1. The van der Waals surface area contributed by atoms with E-state index in [-0.39, 0.29) is 11.2 Å². The third-order valence-corrected chi connectivity index (χ3v) is 4.89. The van der Waals surface area contributed by atoms with Gasteiger partial charge in [0.05, 0.1) is 11.2 Å². The van der Waals surface area contributed by atoms with Gasteiger partial charge in [-0.15, -0.1) is 0 Å². The molecule has 4 heteroatoms. The van der Waals surface area contributed by atoms with Gasteiger partial charge in [-0.3, -0.25) is 0 Å². The summed E-state index contributed by atoms with van der Waals surface area (Å²) >= 11 is 0. The summed E-state index contributed by atoms with van der Waals surface area (Å²) in [6.07, 6.45) is 0. The van der Waals surface area contributed by atoms with Gasteiger partial charge < -0.3 is 13.8 Å². The lowest BCUT2D eigenvalue weighted by atomic mass is 10.2. The molecule has 0 saturated heterocycles. The second-order valence-electron chi connectivity index (χ2n) is 6.87. The van der Waals surface area contributed by atoms with Gasteiger partial charge in [0, 0.05) is 5.69 Å². The molecule has 0 saturated carbocycles. The molecule has 0 bridgehead atoms. The summed E-state index contributed by atoms with van der Waals surface area (Å²) < 4.78 is 12.4. The summed E-state index contributed by atoms with van der Waals surface area (Å²) in [5.74, 6) is 0. The van der Waals surface area contributed by atoms with E-state index in [0.717, 1.165) is 5.69 Å². The Bertz CT molecular complexity index is 377. The smallest absolute Gasteiger partial charge is 0.374 e. The Hall–Kier alpha value is -0.843. The van der Waals surface area contributed by atoms with E-state index in [0.29, 0.717) is 0 Å². The van der Waals surface area contributed by atoms with Crippen molar-refractivity contribution in [3.8, 4) is 0 Å². The molecule has 3 nitrogen and oxygen atoms in total. The molecule has 0 spiro atoms. The highest BCUT2D eigenvalue weighted by Crippen LogP contribution is 2.25. The molecule has 0 aliphatic rings. The molecule has 19 heavy (non-hydrogen) atoms. The minimum atomic E-state index is -2.51. The zero-order valence-electron chi connectivity index (χ0n) is 13.2. The van der Waals surface area contributed by atoms with E-state index in [1.807, 2.05) is 30.3 Å². The maximum Gasteiger partial charge on any atom is 0.454 e. The molecule has 0 aromatic heterocycles. The molecular formula is C15H27NO2Si. The van der Waals surface area contributed by atoms with Crippen LogP contribution in [0.4, 0.5) is 5.69 Å². The SMILES string of the molecule is CC(C)(C)O[Si](C)(Nc1ccccc1)OC(C)(C)C. The molecule has 0 fully saturated rings. The molecule has 1 aromatic rings. The van der Waals surface area contributed by atoms with Crippen molar-refractivity contribution in [1.29, 1.82) is 0 Å². The first-order valence-electron chi connectivity index (χ1n) is 6.73. The number of hydrogen-bond acceptors (Lipinski definition) is 3. The fourth-order valence-corrected chi connectivity index (χ4v) is 5.20. The van der Waals surface area contributed by atoms with E-state index in [4.69, 9.17) is 8.85 Å². The number of rotatable bonds is 4. The number of anilines is 1. The largest absolute Gasteiger partial charge is 0.454 e. The number of hydrogen-bond donors (Lipinski definition) is 1. The normalized spacial score (nSPS) is 13.4. The van der Waals surface area contributed by atoms with Gasteiger partial charge in [-0.05, 0) is 60.2 Å². The zero-order valence-corrected chi connectivity index (χ0v) is 14.2. The van der Waals surface area contributed by atoms with Crippen LogP contribution in [0.3, 0.4) is 0 Å². The van der Waals surface area contributed by atoms with Crippen LogP contribution < -0.4 is 4.98 Å². The highest BCUT2D eigenvalue weighted by molar-refractivity contribution is 6.69. The zero-order chi connectivity index (χ0) is 14.7. The maximum absolute atomic E-state index is 6.21. The molecule has 0 aliphatic heterocycles.